The van der Waals surface area contributed by atoms with Gasteiger partial charge in [0.1, 0.15) is 0 Å². The molecule has 0 N–H and O–H groups in total. The number of pyridine rings is 4. The second-order valence-corrected chi connectivity index (χ2v) is 49.9. The Labute approximate surface area is 911 Å². The van der Waals surface area contributed by atoms with E-state index in [0.29, 0.717) is 0 Å². The van der Waals surface area contributed by atoms with Gasteiger partial charge < -0.3 is 29.9 Å². The number of hydrogen-bond acceptors (Lipinski definition) is 6. The van der Waals surface area contributed by atoms with E-state index < -0.39 is 0 Å². The molecular weight excluding hydrogens is 2150 g/mol. The molecule has 5 aromatic heterocycles. The van der Waals surface area contributed by atoms with E-state index in [1.165, 1.54) is 134 Å². The maximum absolute atomic E-state index is 5.17. The predicted octanol–water partition coefficient (Wildman–Crippen LogP) is 36.9. The molecule has 6 nitrogen and oxygen atoms in total. The summed E-state index contributed by atoms with van der Waals surface area (Å²) in [6, 6.07) is 128. The summed E-state index contributed by atoms with van der Waals surface area (Å²) in [5.74, 6) is 1.12. The zero-order valence-corrected chi connectivity index (χ0v) is 95.9. The Hall–Kier alpha value is -12.4. The standard InChI is InChI=1S/C140H142N6.2Ir/c1-133(2,3)107-57-61-119(123(79-107)91-37-45-95(46-38-91)127-83-111(65-69-141-127)137(13,14)15)103-73-101(74-104(77-103)120-62-58-108(134(4,5)6)80-124(120)92-39-47-96(48-40-92)128-84-112(66-70-142-128)138(16,17)18)117-31-27-25-29-115(117)89-33-53-99(54-34-89)131-87-146-132(88-145-131)100-55-35-90(36-56-100)116-30-26-28-32-118(116)102-75-105(121-63-59-109(135(7,8)9)81-125(121)93-41-49-97(50-42-93)129-85-113(67-71-143-129)139(19,20)21)78-106(76-102)122-64-60-110(136(10,11)12)82-126(122)94-43-51-98(52-44-94)130-86-114(68-72-144-130)140(22,23)24;;/h25-45,47,49,51,53,55,57-72,79-88,101-106H,73-78H2,1-24H3;;/q-6;2*+3. The molecule has 0 spiro atoms. The maximum atomic E-state index is 5.17. The van der Waals surface area contributed by atoms with Crippen LogP contribution >= 0.6 is 0 Å². The second-order valence-electron chi connectivity index (χ2n) is 49.9. The first-order valence-corrected chi connectivity index (χ1v) is 52.9. The topological polar surface area (TPSA) is 77.3 Å². The Kier molecular flexibility index (Phi) is 30.7. The summed E-state index contributed by atoms with van der Waals surface area (Å²) in [5, 5.41) is 0. The predicted molar refractivity (Wildman–Crippen MR) is 611 cm³/mol. The van der Waals surface area contributed by atoms with Gasteiger partial charge in [-0.3, -0.25) is 0 Å². The van der Waals surface area contributed by atoms with Crippen molar-refractivity contribution in [2.75, 3.05) is 0 Å². The maximum Gasteiger partial charge on any atom is 3.00 e. The SMILES string of the molecule is CC(C)(C)c1ccnc(-c2[c-]cc(-c3cc(C(C)(C)C)ccc3C3CC(c4ccccc4-c4c[c-]c(-c5cnc(-c6[c-]cc(-c7ccccc7C7CC(c8ccc(C(C)(C)C)cc8-c8c[c-]c(-c9cc(C(C)(C)C)ccn9)cc8)CC(c8ccc(C(C)(C)C)cc8-c8c[c-]c(-c9cc(C(C)(C)C)ccn9)cc8)C7)cc6)cn5)cc4)CC(c4ccc(C(C)(C)C)cc4-c4c[c-]c(-c5cc(C(C)(C)C)ccn5)cc4)C3)cc2)c1.[Ir+3].[Ir+3]. The van der Waals surface area contributed by atoms with Crippen molar-refractivity contribution in [1.29, 1.82) is 0 Å². The Morgan fingerprint density at radius 1 is 0.182 bits per heavy atom. The van der Waals surface area contributed by atoms with Crippen LogP contribution in [0.3, 0.4) is 0 Å². The Morgan fingerprint density at radius 3 is 0.554 bits per heavy atom. The molecule has 0 aliphatic heterocycles. The number of aromatic nitrogens is 6. The van der Waals surface area contributed by atoms with Crippen LogP contribution < -0.4 is 0 Å². The van der Waals surface area contributed by atoms with Gasteiger partial charge in [-0.25, -0.2) is 0 Å². The van der Waals surface area contributed by atoms with E-state index >= 15 is 0 Å². The van der Waals surface area contributed by atoms with E-state index in [0.717, 1.165) is 117 Å². The van der Waals surface area contributed by atoms with Crippen molar-refractivity contribution in [3.05, 3.63) is 431 Å². The molecule has 19 rings (SSSR count). The first kappa shape index (κ1) is 107. The average Bonchev–Trinajstić information content (AvgIpc) is 0.757. The molecule has 12 aromatic carbocycles. The molecule has 750 valence electrons. The molecule has 0 saturated heterocycles. The van der Waals surface area contributed by atoms with Gasteiger partial charge in [0.15, 0.2) is 0 Å². The van der Waals surface area contributed by atoms with Crippen LogP contribution in [0.2, 0.25) is 0 Å². The van der Waals surface area contributed by atoms with Gasteiger partial charge in [0.2, 0.25) is 0 Å². The number of nitrogens with zero attached hydrogens (tertiary/aromatic N) is 6. The van der Waals surface area contributed by atoms with Gasteiger partial charge in [0.05, 0.1) is 0 Å². The summed E-state index contributed by atoms with van der Waals surface area (Å²) >= 11 is 0. The Balaban J connectivity index is 0.00000747. The Bertz CT molecular complexity index is 6790. The summed E-state index contributed by atoms with van der Waals surface area (Å²) in [5.41, 5.74) is 43.5. The van der Waals surface area contributed by atoms with Crippen molar-refractivity contribution in [2.24, 2.45) is 0 Å². The van der Waals surface area contributed by atoms with Crippen LogP contribution in [-0.2, 0) is 83.5 Å². The molecule has 2 fully saturated rings. The van der Waals surface area contributed by atoms with Crippen LogP contribution in [0.4, 0.5) is 0 Å². The van der Waals surface area contributed by atoms with Crippen molar-refractivity contribution in [2.45, 2.75) is 284 Å². The molecule has 4 unspecified atom stereocenters. The van der Waals surface area contributed by atoms with E-state index in [-0.39, 0.29) is 119 Å². The number of hydrogen-bond donors (Lipinski definition) is 0. The molecule has 17 aromatic rings. The van der Waals surface area contributed by atoms with Crippen LogP contribution in [0, 0.1) is 36.4 Å². The minimum Gasteiger partial charge on any atom is -0.311 e. The minimum atomic E-state index is -0.0844. The normalized spacial score (nSPS) is 16.5. The Morgan fingerprint density at radius 2 is 0.365 bits per heavy atom. The fourth-order valence-corrected chi connectivity index (χ4v) is 22.2. The first-order chi connectivity index (χ1) is 69.3. The fraction of sp³-hybridized carbons (Fsp3) is 0.314. The van der Waals surface area contributed by atoms with Crippen LogP contribution in [0.15, 0.2) is 316 Å². The summed E-state index contributed by atoms with van der Waals surface area (Å²) < 4.78 is 0. The summed E-state index contributed by atoms with van der Waals surface area (Å²) in [7, 11) is 0. The summed E-state index contributed by atoms with van der Waals surface area (Å²) in [6.45, 7) is 55.1. The third-order valence-corrected chi connectivity index (χ3v) is 31.2. The van der Waals surface area contributed by atoms with Crippen molar-refractivity contribution >= 4 is 0 Å². The molecule has 4 atom stereocenters. The van der Waals surface area contributed by atoms with Gasteiger partial charge >= 0.3 is 40.2 Å². The molecule has 0 radical (unpaired) electrons. The largest absolute Gasteiger partial charge is 3.00 e. The number of benzene rings is 12. The molecule has 2 saturated carbocycles. The van der Waals surface area contributed by atoms with E-state index in [1.54, 1.807) is 0 Å². The van der Waals surface area contributed by atoms with Crippen LogP contribution in [-0.4, -0.2) is 29.9 Å². The molecule has 0 amide bonds. The third kappa shape index (κ3) is 23.6. The average molecular weight is 2290 g/mol. The molecule has 5 heterocycles. The smallest absolute Gasteiger partial charge is 0.311 e. The summed E-state index contributed by atoms with van der Waals surface area (Å²) in [4.78, 5) is 29.9. The van der Waals surface area contributed by atoms with Gasteiger partial charge in [-0.05, 0) is 242 Å². The van der Waals surface area contributed by atoms with Gasteiger partial charge in [0.25, 0.3) is 0 Å². The third-order valence-electron chi connectivity index (χ3n) is 31.2. The van der Waals surface area contributed by atoms with Crippen molar-refractivity contribution < 1.29 is 40.2 Å². The molecule has 0 bridgehead atoms. The van der Waals surface area contributed by atoms with E-state index in [2.05, 4.69) is 482 Å². The quantitative estimate of drug-likeness (QED) is 0.0797. The van der Waals surface area contributed by atoms with E-state index in [9.17, 15) is 0 Å². The van der Waals surface area contributed by atoms with E-state index in [4.69, 9.17) is 29.9 Å². The first-order valence-electron chi connectivity index (χ1n) is 52.9. The molecule has 8 heteroatoms. The zero-order chi connectivity index (χ0) is 103. The monoisotopic (exact) mass is 2290 g/mol. The second kappa shape index (κ2) is 42.6. The van der Waals surface area contributed by atoms with E-state index in [1.807, 2.05) is 37.2 Å². The molecule has 2 aliphatic carbocycles. The number of rotatable bonds is 18. The minimum absolute atomic E-state index is 0. The zero-order valence-electron chi connectivity index (χ0n) is 91.1. The van der Waals surface area contributed by atoms with Crippen molar-refractivity contribution in [1.82, 2.24) is 29.9 Å². The molecule has 148 heavy (non-hydrogen) atoms. The van der Waals surface area contributed by atoms with Crippen molar-refractivity contribution in [3.63, 3.8) is 0 Å². The van der Waals surface area contributed by atoms with Gasteiger partial charge in [-0.2, -0.15) is 0 Å². The summed E-state index contributed by atoms with van der Waals surface area (Å²) in [6.07, 6.45) is 17.4. The fourth-order valence-electron chi connectivity index (χ4n) is 22.2. The van der Waals surface area contributed by atoms with Crippen LogP contribution in [0.5, 0.6) is 0 Å². The van der Waals surface area contributed by atoms with Crippen LogP contribution in [0.1, 0.15) is 318 Å². The van der Waals surface area contributed by atoms with Gasteiger partial charge in [-0.15, -0.1) is 179 Å². The van der Waals surface area contributed by atoms with Gasteiger partial charge in [-0.1, -0.05) is 379 Å². The molecule has 2 aliphatic rings. The van der Waals surface area contributed by atoms with Crippen LogP contribution in [0.25, 0.3) is 134 Å². The molecular formula is C140H142Ir2N6. The van der Waals surface area contributed by atoms with Gasteiger partial charge in [0, 0.05) is 48.6 Å². The van der Waals surface area contributed by atoms with Crippen molar-refractivity contribution in [3.8, 4) is 134 Å².